The molecule has 3 aromatic rings. The van der Waals surface area contributed by atoms with E-state index in [9.17, 15) is 9.59 Å². The standard InChI is InChI=1S/C26H28N2O4/c1-17-7-12-23-21(15-17)25(20-5-3-4-6-22(20)28-23)26(30)32-16-24(29)27-14-13-18-8-10-19(31-2)11-9-18/h7-12,15H,3-6,13-14,16H2,1-2H3,(H,27,29). The fraction of sp³-hybridized carbons (Fsp3) is 0.346. The Kier molecular flexibility index (Phi) is 6.69. The number of carbonyl (C=O) groups excluding carboxylic acids is 2. The van der Waals surface area contributed by atoms with Crippen LogP contribution in [0.2, 0.25) is 0 Å². The van der Waals surface area contributed by atoms with E-state index in [-0.39, 0.29) is 12.5 Å². The average molecular weight is 433 g/mol. The Hall–Kier alpha value is -3.41. The van der Waals surface area contributed by atoms with Gasteiger partial charge in [0.2, 0.25) is 0 Å². The minimum Gasteiger partial charge on any atom is -0.497 e. The van der Waals surface area contributed by atoms with Crippen molar-refractivity contribution in [3.05, 3.63) is 70.4 Å². The molecule has 0 radical (unpaired) electrons. The molecule has 1 aliphatic carbocycles. The minimum atomic E-state index is -0.452. The first kappa shape index (κ1) is 21.8. The van der Waals surface area contributed by atoms with Crippen LogP contribution in [0.25, 0.3) is 10.9 Å². The second kappa shape index (κ2) is 9.81. The molecule has 0 saturated carbocycles. The van der Waals surface area contributed by atoms with Gasteiger partial charge in [0.25, 0.3) is 5.91 Å². The fourth-order valence-electron chi connectivity index (χ4n) is 4.16. The third-order valence-corrected chi connectivity index (χ3v) is 5.85. The minimum absolute atomic E-state index is 0.300. The zero-order chi connectivity index (χ0) is 22.5. The Morgan fingerprint density at radius 2 is 1.84 bits per heavy atom. The van der Waals surface area contributed by atoms with E-state index in [0.717, 1.165) is 64.7 Å². The molecule has 1 N–H and O–H groups in total. The first-order valence-electron chi connectivity index (χ1n) is 11.0. The summed E-state index contributed by atoms with van der Waals surface area (Å²) in [6.07, 6.45) is 4.46. The lowest BCUT2D eigenvalue weighted by Gasteiger charge is -2.20. The Balaban J connectivity index is 1.40. The van der Waals surface area contributed by atoms with E-state index in [0.29, 0.717) is 18.5 Å². The predicted octanol–water partition coefficient (Wildman–Crippen LogP) is 3.95. The molecule has 0 unspecified atom stereocenters. The van der Waals surface area contributed by atoms with Crippen LogP contribution in [0, 0.1) is 6.92 Å². The molecule has 4 rings (SSSR count). The molecule has 6 nitrogen and oxygen atoms in total. The number of nitrogens with zero attached hydrogens (tertiary/aromatic N) is 1. The third kappa shape index (κ3) is 4.90. The van der Waals surface area contributed by atoms with Crippen molar-refractivity contribution in [2.24, 2.45) is 0 Å². The van der Waals surface area contributed by atoms with Gasteiger partial charge in [-0.05, 0) is 74.4 Å². The quantitative estimate of drug-likeness (QED) is 0.572. The third-order valence-electron chi connectivity index (χ3n) is 5.85. The number of pyridine rings is 1. The maximum atomic E-state index is 13.1. The number of aromatic nitrogens is 1. The van der Waals surface area contributed by atoms with Crippen molar-refractivity contribution < 1.29 is 19.1 Å². The number of hydrogen-bond acceptors (Lipinski definition) is 5. The van der Waals surface area contributed by atoms with Crippen molar-refractivity contribution in [1.29, 1.82) is 0 Å². The van der Waals surface area contributed by atoms with E-state index in [1.165, 1.54) is 0 Å². The number of fused-ring (bicyclic) bond motifs is 2. The van der Waals surface area contributed by atoms with Gasteiger partial charge in [0, 0.05) is 17.6 Å². The average Bonchev–Trinajstić information content (AvgIpc) is 2.81. The van der Waals surface area contributed by atoms with E-state index >= 15 is 0 Å². The van der Waals surface area contributed by atoms with Crippen molar-refractivity contribution in [1.82, 2.24) is 10.3 Å². The summed E-state index contributed by atoms with van der Waals surface area (Å²) in [5.74, 6) is 0.0347. The van der Waals surface area contributed by atoms with Crippen LogP contribution in [-0.4, -0.2) is 37.1 Å². The van der Waals surface area contributed by atoms with Crippen LogP contribution >= 0.6 is 0 Å². The molecule has 0 saturated heterocycles. The number of hydrogen-bond donors (Lipinski definition) is 1. The lowest BCUT2D eigenvalue weighted by molar-refractivity contribution is -0.124. The Labute approximate surface area is 187 Å². The molecular weight excluding hydrogens is 404 g/mol. The van der Waals surface area contributed by atoms with E-state index in [4.69, 9.17) is 14.5 Å². The van der Waals surface area contributed by atoms with Gasteiger partial charge < -0.3 is 14.8 Å². The highest BCUT2D eigenvalue weighted by Crippen LogP contribution is 2.30. The summed E-state index contributed by atoms with van der Waals surface area (Å²) in [7, 11) is 1.63. The van der Waals surface area contributed by atoms with Gasteiger partial charge in [-0.1, -0.05) is 23.8 Å². The number of carbonyl (C=O) groups is 2. The molecule has 1 amide bonds. The Bertz CT molecular complexity index is 1140. The smallest absolute Gasteiger partial charge is 0.339 e. The zero-order valence-corrected chi connectivity index (χ0v) is 18.6. The number of nitrogens with one attached hydrogen (secondary N) is 1. The first-order chi connectivity index (χ1) is 15.5. The summed E-state index contributed by atoms with van der Waals surface area (Å²) >= 11 is 0. The number of methoxy groups -OCH3 is 1. The molecule has 0 fully saturated rings. The summed E-state index contributed by atoms with van der Waals surface area (Å²) in [5, 5.41) is 3.62. The van der Waals surface area contributed by atoms with Gasteiger partial charge in [0.1, 0.15) is 5.75 Å². The van der Waals surface area contributed by atoms with Crippen molar-refractivity contribution in [3.8, 4) is 5.75 Å². The molecule has 0 bridgehead atoms. The molecule has 1 aliphatic rings. The van der Waals surface area contributed by atoms with Gasteiger partial charge in [0.05, 0.1) is 18.2 Å². The molecule has 6 heteroatoms. The maximum absolute atomic E-state index is 13.1. The highest BCUT2D eigenvalue weighted by Gasteiger charge is 2.24. The summed E-state index contributed by atoms with van der Waals surface area (Å²) in [6.45, 7) is 2.16. The zero-order valence-electron chi connectivity index (χ0n) is 18.6. The second-order valence-corrected chi connectivity index (χ2v) is 8.16. The number of amides is 1. The van der Waals surface area contributed by atoms with Gasteiger partial charge >= 0.3 is 5.97 Å². The normalized spacial score (nSPS) is 12.8. The monoisotopic (exact) mass is 432 g/mol. The van der Waals surface area contributed by atoms with Crippen LogP contribution in [0.1, 0.15) is 45.6 Å². The number of aryl methyl sites for hydroxylation is 2. The van der Waals surface area contributed by atoms with E-state index in [1.807, 2.05) is 49.4 Å². The number of ether oxygens (including phenoxy) is 2. The first-order valence-corrected chi connectivity index (χ1v) is 11.0. The van der Waals surface area contributed by atoms with E-state index in [2.05, 4.69) is 5.32 Å². The van der Waals surface area contributed by atoms with Crippen molar-refractivity contribution in [2.45, 2.75) is 39.0 Å². The van der Waals surface area contributed by atoms with Crippen LogP contribution in [0.15, 0.2) is 42.5 Å². The highest BCUT2D eigenvalue weighted by atomic mass is 16.5. The van der Waals surface area contributed by atoms with Gasteiger partial charge in [-0.2, -0.15) is 0 Å². The van der Waals surface area contributed by atoms with Crippen molar-refractivity contribution in [2.75, 3.05) is 20.3 Å². The SMILES string of the molecule is COc1ccc(CCNC(=O)COC(=O)c2c3c(nc4ccc(C)cc24)CCCC3)cc1. The molecular formula is C26H28N2O4. The number of rotatable bonds is 7. The number of esters is 1. The summed E-state index contributed by atoms with van der Waals surface area (Å²) in [5.41, 5.74) is 5.46. The van der Waals surface area contributed by atoms with Crippen molar-refractivity contribution in [3.63, 3.8) is 0 Å². The second-order valence-electron chi connectivity index (χ2n) is 8.16. The molecule has 0 atom stereocenters. The predicted molar refractivity (Wildman–Crippen MR) is 123 cm³/mol. The largest absolute Gasteiger partial charge is 0.497 e. The van der Waals surface area contributed by atoms with E-state index < -0.39 is 5.97 Å². The maximum Gasteiger partial charge on any atom is 0.339 e. The van der Waals surface area contributed by atoms with E-state index in [1.54, 1.807) is 7.11 Å². The van der Waals surface area contributed by atoms with Crippen LogP contribution in [0.3, 0.4) is 0 Å². The molecule has 166 valence electrons. The van der Waals surface area contributed by atoms with Crippen LogP contribution < -0.4 is 10.1 Å². The molecule has 1 heterocycles. The Morgan fingerprint density at radius 3 is 2.62 bits per heavy atom. The topological polar surface area (TPSA) is 77.5 Å². The molecule has 0 aliphatic heterocycles. The van der Waals surface area contributed by atoms with Gasteiger partial charge in [-0.15, -0.1) is 0 Å². The van der Waals surface area contributed by atoms with Gasteiger partial charge in [0.15, 0.2) is 6.61 Å². The van der Waals surface area contributed by atoms with Crippen LogP contribution in [0.4, 0.5) is 0 Å². The van der Waals surface area contributed by atoms with Crippen LogP contribution in [-0.2, 0) is 28.8 Å². The highest BCUT2D eigenvalue weighted by molar-refractivity contribution is 6.05. The lowest BCUT2D eigenvalue weighted by atomic mass is 9.89. The molecule has 1 aromatic heterocycles. The Morgan fingerprint density at radius 1 is 1.06 bits per heavy atom. The molecule has 32 heavy (non-hydrogen) atoms. The summed E-state index contributed by atoms with van der Waals surface area (Å²) < 4.78 is 10.6. The van der Waals surface area contributed by atoms with Gasteiger partial charge in [-0.25, -0.2) is 4.79 Å². The van der Waals surface area contributed by atoms with Crippen LogP contribution in [0.5, 0.6) is 5.75 Å². The lowest BCUT2D eigenvalue weighted by Crippen LogP contribution is -2.30. The summed E-state index contributed by atoms with van der Waals surface area (Å²) in [4.78, 5) is 30.1. The number of benzene rings is 2. The molecule has 2 aromatic carbocycles. The summed E-state index contributed by atoms with van der Waals surface area (Å²) in [6, 6.07) is 13.6. The fourth-order valence-corrected chi connectivity index (χ4v) is 4.16. The van der Waals surface area contributed by atoms with Gasteiger partial charge in [-0.3, -0.25) is 9.78 Å². The molecule has 0 spiro atoms. The van der Waals surface area contributed by atoms with Crippen molar-refractivity contribution >= 4 is 22.8 Å².